The minimum absolute atomic E-state index is 0.0357. The third-order valence-electron chi connectivity index (χ3n) is 8.31. The van der Waals surface area contributed by atoms with Crippen LogP contribution in [0, 0.1) is 0 Å². The van der Waals surface area contributed by atoms with E-state index < -0.39 is 29.4 Å². The molecule has 11 nitrogen and oxygen atoms in total. The highest BCUT2D eigenvalue weighted by Gasteiger charge is 2.36. The van der Waals surface area contributed by atoms with Gasteiger partial charge in [-0.2, -0.15) is 0 Å². The lowest BCUT2D eigenvalue weighted by molar-refractivity contribution is -0.123. The van der Waals surface area contributed by atoms with Gasteiger partial charge in [0.25, 0.3) is 0 Å². The number of nitrogens with one attached hydrogen (secondary N) is 4. The van der Waals surface area contributed by atoms with Crippen molar-refractivity contribution in [3.63, 3.8) is 0 Å². The van der Waals surface area contributed by atoms with E-state index in [1.54, 1.807) is 41.5 Å². The van der Waals surface area contributed by atoms with E-state index in [-0.39, 0.29) is 42.8 Å². The number of alkyl carbamates (subject to hydrolysis) is 2. The zero-order valence-electron chi connectivity index (χ0n) is 30.6. The molecular weight excluding hydrogens is 646 g/mol. The van der Waals surface area contributed by atoms with Gasteiger partial charge >= 0.3 is 12.2 Å². The number of amides is 4. The average molecular weight is 700 g/mol. The molecule has 3 aromatic carbocycles. The van der Waals surface area contributed by atoms with Gasteiger partial charge in [0.1, 0.15) is 23.8 Å². The van der Waals surface area contributed by atoms with Crippen LogP contribution in [0.2, 0.25) is 0 Å². The molecule has 274 valence electrons. The van der Waals surface area contributed by atoms with Gasteiger partial charge in [0.05, 0.1) is 0 Å². The van der Waals surface area contributed by atoms with Crippen molar-refractivity contribution in [3.8, 4) is 0 Å². The number of hydrogen-bond donors (Lipinski definition) is 4. The van der Waals surface area contributed by atoms with Crippen molar-refractivity contribution in [2.75, 3.05) is 26.2 Å². The first-order valence-electron chi connectivity index (χ1n) is 17.6. The molecule has 0 bridgehead atoms. The van der Waals surface area contributed by atoms with Crippen LogP contribution in [0.3, 0.4) is 0 Å². The van der Waals surface area contributed by atoms with Gasteiger partial charge in [-0.25, -0.2) is 9.59 Å². The Bertz CT molecular complexity index is 1530. The maximum atomic E-state index is 13.8. The van der Waals surface area contributed by atoms with Crippen molar-refractivity contribution in [2.24, 2.45) is 0 Å². The summed E-state index contributed by atoms with van der Waals surface area (Å²) in [6.45, 7) is 11.8. The molecule has 0 aromatic heterocycles. The summed E-state index contributed by atoms with van der Waals surface area (Å²) in [6.07, 6.45) is -0.479. The quantitative estimate of drug-likeness (QED) is 0.194. The molecule has 0 spiro atoms. The maximum absolute atomic E-state index is 13.8. The third kappa shape index (κ3) is 13.4. The van der Waals surface area contributed by atoms with Gasteiger partial charge in [-0.15, -0.1) is 0 Å². The highest BCUT2D eigenvalue weighted by Crippen LogP contribution is 2.29. The number of hydrogen-bond acceptors (Lipinski definition) is 7. The van der Waals surface area contributed by atoms with Crippen LogP contribution in [0.15, 0.2) is 91.0 Å². The van der Waals surface area contributed by atoms with Gasteiger partial charge in [-0.05, 0) is 64.7 Å². The molecule has 3 aromatic rings. The molecule has 0 radical (unpaired) electrons. The van der Waals surface area contributed by atoms with Gasteiger partial charge in [0, 0.05) is 44.1 Å². The molecule has 0 unspecified atom stereocenters. The first-order chi connectivity index (χ1) is 24.1. The van der Waals surface area contributed by atoms with Crippen molar-refractivity contribution >= 4 is 24.0 Å². The highest BCUT2D eigenvalue weighted by atomic mass is 16.6. The van der Waals surface area contributed by atoms with Crippen LogP contribution in [0.4, 0.5) is 9.59 Å². The van der Waals surface area contributed by atoms with E-state index in [2.05, 4.69) is 50.4 Å². The Morgan fingerprint density at radius 3 is 1.82 bits per heavy atom. The lowest BCUT2D eigenvalue weighted by Gasteiger charge is -2.30. The zero-order chi connectivity index (χ0) is 37.0. The van der Waals surface area contributed by atoms with Gasteiger partial charge in [-0.1, -0.05) is 91.0 Å². The number of benzene rings is 3. The summed E-state index contributed by atoms with van der Waals surface area (Å²) in [5.41, 5.74) is 1.81. The number of ether oxygens (including phenoxy) is 2. The third-order valence-corrected chi connectivity index (χ3v) is 8.31. The molecule has 0 saturated carbocycles. The second-order valence-electron chi connectivity index (χ2n) is 15.0. The Hall–Kier alpha value is -4.90. The summed E-state index contributed by atoms with van der Waals surface area (Å²) in [6, 6.07) is 28.8. The Balaban J connectivity index is 1.50. The van der Waals surface area contributed by atoms with E-state index in [4.69, 9.17) is 9.47 Å². The van der Waals surface area contributed by atoms with Crippen LogP contribution in [-0.2, 0) is 25.5 Å². The molecule has 51 heavy (non-hydrogen) atoms. The fraction of sp³-hybridized carbons (Fsp3) is 0.450. The molecule has 1 heterocycles. The Labute approximate surface area is 301 Å². The summed E-state index contributed by atoms with van der Waals surface area (Å²) in [5.74, 6) is -0.627. The van der Waals surface area contributed by atoms with Crippen LogP contribution in [0.1, 0.15) is 70.6 Å². The molecule has 1 aliphatic rings. The van der Waals surface area contributed by atoms with Crippen molar-refractivity contribution in [2.45, 2.75) is 89.6 Å². The minimum Gasteiger partial charge on any atom is -0.444 e. The first-order valence-corrected chi connectivity index (χ1v) is 17.6. The SMILES string of the molecule is CC(C)(C)OC(=O)NCC(=O)N[C@H]1C[C@@H](CNC(=O)[C@H](Cc2ccccc2)NC(=O)OC(C)(C)C)N(CC(c2ccccc2)c2ccccc2)C1. The van der Waals surface area contributed by atoms with E-state index in [0.717, 1.165) is 16.7 Å². The lowest BCUT2D eigenvalue weighted by Crippen LogP contribution is -2.51. The summed E-state index contributed by atoms with van der Waals surface area (Å²) in [5, 5.41) is 11.4. The normalized spacial score (nSPS) is 16.9. The van der Waals surface area contributed by atoms with Crippen LogP contribution < -0.4 is 21.3 Å². The molecule has 4 rings (SSSR count). The van der Waals surface area contributed by atoms with E-state index in [1.165, 1.54) is 0 Å². The standard InChI is InChI=1S/C40H53N5O6/c1-39(2,3)50-37(48)42-25-35(46)43-31-23-32(45(26-31)27-33(29-18-12-8-13-19-29)30-20-14-9-15-21-30)24-41-36(47)34(22-28-16-10-7-11-17-28)44-38(49)51-40(4,5)6/h7-21,31-34H,22-27H2,1-6H3,(H,41,47)(H,42,48)(H,43,46)(H,44,49)/t31-,32-,34-/m0/s1. The van der Waals surface area contributed by atoms with Gasteiger partial charge in [0.2, 0.25) is 11.8 Å². The fourth-order valence-corrected chi connectivity index (χ4v) is 6.13. The van der Waals surface area contributed by atoms with Gasteiger partial charge < -0.3 is 30.7 Å². The van der Waals surface area contributed by atoms with E-state index >= 15 is 0 Å². The second-order valence-corrected chi connectivity index (χ2v) is 15.0. The van der Waals surface area contributed by atoms with E-state index in [9.17, 15) is 19.2 Å². The fourth-order valence-electron chi connectivity index (χ4n) is 6.13. The smallest absolute Gasteiger partial charge is 0.408 e. The molecule has 4 N–H and O–H groups in total. The summed E-state index contributed by atoms with van der Waals surface area (Å²) >= 11 is 0. The molecule has 3 atom stereocenters. The Morgan fingerprint density at radius 2 is 1.27 bits per heavy atom. The molecule has 1 fully saturated rings. The molecular formula is C40H53N5O6. The number of carbonyl (C=O) groups is 4. The van der Waals surface area contributed by atoms with E-state index in [1.807, 2.05) is 66.7 Å². The summed E-state index contributed by atoms with van der Waals surface area (Å²) in [7, 11) is 0. The second kappa shape index (κ2) is 17.8. The van der Waals surface area contributed by atoms with Crippen LogP contribution in [0.25, 0.3) is 0 Å². The maximum Gasteiger partial charge on any atom is 0.408 e. The number of nitrogens with zero attached hydrogens (tertiary/aromatic N) is 1. The van der Waals surface area contributed by atoms with Crippen molar-refractivity contribution in [1.82, 2.24) is 26.2 Å². The largest absolute Gasteiger partial charge is 0.444 e. The monoisotopic (exact) mass is 699 g/mol. The average Bonchev–Trinajstić information content (AvgIpc) is 3.45. The van der Waals surface area contributed by atoms with Crippen LogP contribution >= 0.6 is 0 Å². The predicted octanol–water partition coefficient (Wildman–Crippen LogP) is 5.15. The predicted molar refractivity (Wildman–Crippen MR) is 197 cm³/mol. The molecule has 1 aliphatic heterocycles. The van der Waals surface area contributed by atoms with Crippen LogP contribution in [0.5, 0.6) is 0 Å². The topological polar surface area (TPSA) is 138 Å². The van der Waals surface area contributed by atoms with Crippen LogP contribution in [-0.4, -0.2) is 84.4 Å². The van der Waals surface area contributed by atoms with Gasteiger partial charge in [0.15, 0.2) is 0 Å². The van der Waals surface area contributed by atoms with Gasteiger partial charge in [-0.3, -0.25) is 14.5 Å². The Kier molecular flexibility index (Phi) is 13.6. The minimum atomic E-state index is -0.868. The molecule has 11 heteroatoms. The van der Waals surface area contributed by atoms with E-state index in [0.29, 0.717) is 26.1 Å². The Morgan fingerprint density at radius 1 is 0.745 bits per heavy atom. The molecule has 4 amide bonds. The highest BCUT2D eigenvalue weighted by molar-refractivity contribution is 5.86. The molecule has 0 aliphatic carbocycles. The number of carbonyl (C=O) groups excluding carboxylic acids is 4. The van der Waals surface area contributed by atoms with Crippen molar-refractivity contribution < 1.29 is 28.7 Å². The summed E-state index contributed by atoms with van der Waals surface area (Å²) in [4.78, 5) is 53.9. The number of rotatable bonds is 13. The first kappa shape index (κ1) is 38.9. The number of likely N-dealkylation sites (tertiary alicyclic amines) is 1. The molecule has 1 saturated heterocycles. The van der Waals surface area contributed by atoms with Crippen molar-refractivity contribution in [3.05, 3.63) is 108 Å². The summed E-state index contributed by atoms with van der Waals surface area (Å²) < 4.78 is 10.7. The lowest BCUT2D eigenvalue weighted by atomic mass is 9.90. The van der Waals surface area contributed by atoms with Crippen molar-refractivity contribution in [1.29, 1.82) is 0 Å². The zero-order valence-corrected chi connectivity index (χ0v) is 30.6.